The maximum atomic E-state index is 11.8. The van der Waals surface area contributed by atoms with Crippen molar-refractivity contribution in [2.45, 2.75) is 6.54 Å². The zero-order valence-corrected chi connectivity index (χ0v) is 10.7. The van der Waals surface area contributed by atoms with Gasteiger partial charge in [0.05, 0.1) is 23.1 Å². The summed E-state index contributed by atoms with van der Waals surface area (Å²) in [7, 11) is 0. The molecule has 21 heavy (non-hydrogen) atoms. The van der Waals surface area contributed by atoms with Gasteiger partial charge in [0.15, 0.2) is 0 Å². The molecule has 0 atom stereocenters. The van der Waals surface area contributed by atoms with Crippen LogP contribution >= 0.6 is 0 Å². The van der Waals surface area contributed by atoms with Crippen molar-refractivity contribution >= 4 is 23.1 Å². The van der Waals surface area contributed by atoms with Crippen LogP contribution in [0.15, 0.2) is 27.8 Å². The lowest BCUT2D eigenvalue weighted by molar-refractivity contribution is 0.0697. The van der Waals surface area contributed by atoms with Crippen LogP contribution in [0, 0.1) is 0 Å². The number of fused-ring (bicyclic) bond motifs is 1. The fourth-order valence-corrected chi connectivity index (χ4v) is 1.86. The Balaban J connectivity index is 2.58. The van der Waals surface area contributed by atoms with Gasteiger partial charge in [-0.15, -0.1) is 0 Å². The molecule has 0 unspecified atom stereocenters. The Kier molecular flexibility index (Phi) is 3.74. The average molecular weight is 293 g/mol. The molecule has 1 heterocycles. The van der Waals surface area contributed by atoms with Crippen molar-refractivity contribution in [3.05, 3.63) is 44.5 Å². The number of aromatic amines is 1. The topological polar surface area (TPSA) is 144 Å². The number of nitrogens with zero attached hydrogens (tertiary/aromatic N) is 1. The van der Waals surface area contributed by atoms with Gasteiger partial charge in [0, 0.05) is 0 Å². The number of aromatic nitrogens is 2. The lowest BCUT2D eigenvalue weighted by Crippen LogP contribution is -2.37. The van der Waals surface area contributed by atoms with E-state index >= 15 is 0 Å². The number of primary amides is 1. The number of nitrogens with two attached hydrogens (primary N) is 1. The van der Waals surface area contributed by atoms with Crippen LogP contribution in [0.25, 0.3) is 11.0 Å². The van der Waals surface area contributed by atoms with Crippen molar-refractivity contribution in [2.75, 3.05) is 6.61 Å². The molecule has 0 aliphatic rings. The first kappa shape index (κ1) is 14.3. The first-order valence-corrected chi connectivity index (χ1v) is 5.82. The molecule has 0 spiro atoms. The molecule has 0 saturated carbocycles. The number of hydrogen-bond donors (Lipinski definition) is 3. The van der Waals surface area contributed by atoms with Crippen LogP contribution in [0.2, 0.25) is 0 Å². The van der Waals surface area contributed by atoms with Gasteiger partial charge in [-0.25, -0.2) is 9.59 Å². The molecule has 1 aromatic heterocycles. The second-order valence-electron chi connectivity index (χ2n) is 4.12. The van der Waals surface area contributed by atoms with Crippen LogP contribution in [0.5, 0.6) is 0 Å². The van der Waals surface area contributed by atoms with Crippen LogP contribution in [-0.4, -0.2) is 33.3 Å². The molecule has 2 rings (SSSR count). The van der Waals surface area contributed by atoms with Gasteiger partial charge in [-0.2, -0.15) is 0 Å². The quantitative estimate of drug-likeness (QED) is 0.647. The molecule has 4 N–H and O–H groups in total. The number of nitrogens with one attached hydrogen (secondary N) is 1. The van der Waals surface area contributed by atoms with E-state index in [0.29, 0.717) is 5.52 Å². The Morgan fingerprint density at radius 2 is 2.05 bits per heavy atom. The number of benzene rings is 1. The number of carboxylic acids is 1. The van der Waals surface area contributed by atoms with E-state index in [2.05, 4.69) is 9.72 Å². The molecule has 0 radical (unpaired) electrons. The molecule has 2 aromatic rings. The third kappa shape index (κ3) is 2.91. The van der Waals surface area contributed by atoms with Gasteiger partial charge in [-0.1, -0.05) is 0 Å². The number of ether oxygens (including phenoxy) is 1. The van der Waals surface area contributed by atoms with Crippen molar-refractivity contribution in [1.29, 1.82) is 0 Å². The smallest absolute Gasteiger partial charge is 0.404 e. The van der Waals surface area contributed by atoms with E-state index in [4.69, 9.17) is 10.8 Å². The average Bonchev–Trinajstić information content (AvgIpc) is 2.42. The molecule has 9 heteroatoms. The highest BCUT2D eigenvalue weighted by Crippen LogP contribution is 2.11. The molecule has 0 aliphatic heterocycles. The van der Waals surface area contributed by atoms with Crippen LogP contribution in [0.3, 0.4) is 0 Å². The number of amides is 1. The summed E-state index contributed by atoms with van der Waals surface area (Å²) in [5.41, 5.74) is 3.54. The summed E-state index contributed by atoms with van der Waals surface area (Å²) in [6.45, 7) is -0.337. The Morgan fingerprint density at radius 1 is 1.33 bits per heavy atom. The summed E-state index contributed by atoms with van der Waals surface area (Å²) < 4.78 is 5.55. The van der Waals surface area contributed by atoms with Crippen LogP contribution in [0.4, 0.5) is 4.79 Å². The van der Waals surface area contributed by atoms with Gasteiger partial charge in [0.25, 0.3) is 0 Å². The summed E-state index contributed by atoms with van der Waals surface area (Å²) >= 11 is 0. The zero-order valence-electron chi connectivity index (χ0n) is 10.7. The number of carbonyl (C=O) groups excluding carboxylic acids is 1. The van der Waals surface area contributed by atoms with Crippen molar-refractivity contribution in [2.24, 2.45) is 5.73 Å². The molecule has 0 aliphatic carbocycles. The van der Waals surface area contributed by atoms with E-state index < -0.39 is 23.2 Å². The first-order valence-electron chi connectivity index (χ1n) is 5.82. The van der Waals surface area contributed by atoms with Crippen LogP contribution in [-0.2, 0) is 11.3 Å². The summed E-state index contributed by atoms with van der Waals surface area (Å²) in [5.74, 6) is -1.17. The second-order valence-corrected chi connectivity index (χ2v) is 4.12. The summed E-state index contributed by atoms with van der Waals surface area (Å²) in [5, 5.41) is 8.96. The molecule has 0 saturated heterocycles. The van der Waals surface area contributed by atoms with Gasteiger partial charge in [-0.3, -0.25) is 14.2 Å². The monoisotopic (exact) mass is 293 g/mol. The minimum atomic E-state index is -1.17. The molecule has 0 fully saturated rings. The Morgan fingerprint density at radius 3 is 2.67 bits per heavy atom. The number of rotatable bonds is 4. The van der Waals surface area contributed by atoms with Crippen molar-refractivity contribution in [1.82, 2.24) is 9.55 Å². The van der Waals surface area contributed by atoms with E-state index in [1.807, 2.05) is 0 Å². The first-order chi connectivity index (χ1) is 9.90. The van der Waals surface area contributed by atoms with E-state index in [9.17, 15) is 19.2 Å². The number of aromatic carboxylic acids is 1. The fraction of sp³-hybridized carbons (Fsp3) is 0.167. The lowest BCUT2D eigenvalue weighted by Gasteiger charge is -2.10. The van der Waals surface area contributed by atoms with Gasteiger partial charge < -0.3 is 20.6 Å². The Labute approximate surface area is 116 Å². The predicted octanol–water partition coefficient (Wildman–Crippen LogP) is -0.517. The summed E-state index contributed by atoms with van der Waals surface area (Å²) in [4.78, 5) is 47.2. The lowest BCUT2D eigenvalue weighted by atomic mass is 10.2. The largest absolute Gasteiger partial charge is 0.478 e. The summed E-state index contributed by atoms with van der Waals surface area (Å²) in [6.07, 6.45) is -1.01. The Bertz CT molecular complexity index is 835. The van der Waals surface area contributed by atoms with E-state index in [-0.39, 0.29) is 24.2 Å². The van der Waals surface area contributed by atoms with Gasteiger partial charge in [-0.05, 0) is 18.2 Å². The molecule has 9 nitrogen and oxygen atoms in total. The van der Waals surface area contributed by atoms with Crippen molar-refractivity contribution < 1.29 is 19.4 Å². The van der Waals surface area contributed by atoms with Gasteiger partial charge >= 0.3 is 23.2 Å². The highest BCUT2D eigenvalue weighted by molar-refractivity contribution is 5.92. The maximum absolute atomic E-state index is 11.8. The maximum Gasteiger partial charge on any atom is 0.404 e. The number of carboxylic acid groups (broad SMARTS) is 1. The highest BCUT2D eigenvalue weighted by atomic mass is 16.5. The number of carbonyl (C=O) groups is 2. The SMILES string of the molecule is NC(=O)OCCn1c(=O)c(=O)[nH]c2ccc(C(=O)O)cc21. The van der Waals surface area contributed by atoms with E-state index in [1.54, 1.807) is 0 Å². The van der Waals surface area contributed by atoms with Gasteiger partial charge in [0.2, 0.25) is 0 Å². The predicted molar refractivity (Wildman–Crippen MR) is 71.3 cm³/mol. The van der Waals surface area contributed by atoms with Crippen molar-refractivity contribution in [3.63, 3.8) is 0 Å². The zero-order chi connectivity index (χ0) is 15.6. The Hall–Kier alpha value is -3.10. The van der Waals surface area contributed by atoms with Crippen LogP contribution in [0.1, 0.15) is 10.4 Å². The molecular formula is C12H11N3O6. The van der Waals surface area contributed by atoms with Crippen LogP contribution < -0.4 is 16.9 Å². The van der Waals surface area contributed by atoms with E-state index in [0.717, 1.165) is 4.57 Å². The van der Waals surface area contributed by atoms with Crippen molar-refractivity contribution in [3.8, 4) is 0 Å². The molecule has 1 amide bonds. The molecule has 1 aromatic carbocycles. The number of H-pyrrole nitrogens is 1. The van der Waals surface area contributed by atoms with Gasteiger partial charge in [0.1, 0.15) is 6.61 Å². The normalized spacial score (nSPS) is 10.5. The second kappa shape index (κ2) is 5.49. The van der Waals surface area contributed by atoms with E-state index in [1.165, 1.54) is 18.2 Å². The fourth-order valence-electron chi connectivity index (χ4n) is 1.86. The molecule has 110 valence electrons. The third-order valence-corrected chi connectivity index (χ3v) is 2.78. The standard InChI is InChI=1S/C12H11N3O6/c13-12(20)21-4-3-15-8-5-6(11(18)19)1-2-7(8)14-9(16)10(15)17/h1-2,5H,3-4H2,(H2,13,20)(H,14,16)(H,18,19). The third-order valence-electron chi connectivity index (χ3n) is 2.78. The minimum Gasteiger partial charge on any atom is -0.478 e. The number of hydrogen-bond acceptors (Lipinski definition) is 5. The minimum absolute atomic E-state index is 0.0430. The molecule has 0 bridgehead atoms. The molecular weight excluding hydrogens is 282 g/mol. The highest BCUT2D eigenvalue weighted by Gasteiger charge is 2.11. The summed E-state index contributed by atoms with van der Waals surface area (Å²) in [6, 6.07) is 3.93.